The fourth-order valence-corrected chi connectivity index (χ4v) is 7.36. The van der Waals surface area contributed by atoms with E-state index in [1.54, 1.807) is 12.5 Å². The van der Waals surface area contributed by atoms with Crippen molar-refractivity contribution in [2.45, 2.75) is 128 Å². The molecule has 2 fully saturated rings. The second-order valence-corrected chi connectivity index (χ2v) is 13.4. The highest BCUT2D eigenvalue weighted by molar-refractivity contribution is 5.88. The van der Waals surface area contributed by atoms with E-state index in [1.165, 1.54) is 82.6 Å². The van der Waals surface area contributed by atoms with Crippen LogP contribution < -0.4 is 0 Å². The zero-order valence-electron chi connectivity index (χ0n) is 27.1. The molecule has 5 nitrogen and oxygen atoms in total. The molecule has 0 saturated heterocycles. The minimum atomic E-state index is -0.521. The van der Waals surface area contributed by atoms with Crippen LogP contribution in [-0.4, -0.2) is 36.9 Å². The summed E-state index contributed by atoms with van der Waals surface area (Å²) in [6.45, 7) is 11.5. The Morgan fingerprint density at radius 3 is 1.79 bits per heavy atom. The normalized spacial score (nSPS) is 22.9. The van der Waals surface area contributed by atoms with Crippen LogP contribution in [0.5, 0.6) is 0 Å². The molecule has 0 aliphatic heterocycles. The van der Waals surface area contributed by atoms with Crippen LogP contribution >= 0.6 is 0 Å². The number of carbonyl (C=O) groups excluding carboxylic acids is 2. The highest BCUT2D eigenvalue weighted by atomic mass is 16.5. The van der Waals surface area contributed by atoms with Crippen molar-refractivity contribution in [3.05, 3.63) is 59.7 Å². The van der Waals surface area contributed by atoms with Crippen molar-refractivity contribution in [2.24, 2.45) is 17.8 Å². The molecule has 5 heteroatoms. The maximum absolute atomic E-state index is 11.9. The van der Waals surface area contributed by atoms with E-state index in [-0.39, 0.29) is 18.1 Å². The average molecular weight is 595 g/mol. The summed E-state index contributed by atoms with van der Waals surface area (Å²) < 4.78 is 10.6. The number of rotatable bonds is 18. The van der Waals surface area contributed by atoms with Crippen LogP contribution in [-0.2, 0) is 19.1 Å². The van der Waals surface area contributed by atoms with E-state index in [9.17, 15) is 9.59 Å². The molecule has 2 aliphatic carbocycles. The third kappa shape index (κ3) is 11.9. The van der Waals surface area contributed by atoms with Gasteiger partial charge in [0, 0.05) is 5.57 Å². The highest BCUT2D eigenvalue weighted by Gasteiger charge is 2.29. The van der Waals surface area contributed by atoms with Gasteiger partial charge in [-0.3, -0.25) is 0 Å². The van der Waals surface area contributed by atoms with Gasteiger partial charge in [0.05, 0.1) is 25.4 Å². The smallest absolute Gasteiger partial charge is 0.335 e. The first-order valence-corrected chi connectivity index (χ1v) is 17.2. The summed E-state index contributed by atoms with van der Waals surface area (Å²) in [5, 5.41) is 9.09. The molecule has 0 spiro atoms. The molecule has 0 heterocycles. The second-order valence-electron chi connectivity index (χ2n) is 13.4. The first-order valence-electron chi connectivity index (χ1n) is 17.2. The first-order chi connectivity index (χ1) is 20.8. The lowest BCUT2D eigenvalue weighted by atomic mass is 9.71. The Hall–Kier alpha value is -2.40. The number of hydrogen-bond donors (Lipinski definition) is 1. The van der Waals surface area contributed by atoms with E-state index in [4.69, 9.17) is 14.6 Å². The van der Waals surface area contributed by atoms with Crippen LogP contribution in [0.4, 0.5) is 0 Å². The number of hydrogen-bond acceptors (Lipinski definition) is 5. The van der Waals surface area contributed by atoms with E-state index in [2.05, 4.69) is 44.3 Å². The van der Waals surface area contributed by atoms with E-state index in [1.807, 2.05) is 0 Å². The molecule has 240 valence electrons. The summed E-state index contributed by atoms with van der Waals surface area (Å²) in [7, 11) is 0. The molecule has 3 rings (SSSR count). The van der Waals surface area contributed by atoms with Crippen molar-refractivity contribution in [2.75, 3.05) is 19.8 Å². The molecule has 2 aliphatic rings. The maximum Gasteiger partial charge on any atom is 0.335 e. The van der Waals surface area contributed by atoms with Crippen LogP contribution in [0.1, 0.15) is 140 Å². The van der Waals surface area contributed by atoms with E-state index in [0.29, 0.717) is 36.5 Å². The molecule has 0 radical (unpaired) electrons. The maximum atomic E-state index is 11.9. The van der Waals surface area contributed by atoms with Crippen molar-refractivity contribution >= 4 is 11.9 Å². The monoisotopic (exact) mass is 594 g/mol. The van der Waals surface area contributed by atoms with Crippen molar-refractivity contribution in [1.29, 1.82) is 0 Å². The van der Waals surface area contributed by atoms with Crippen molar-refractivity contribution in [3.8, 4) is 0 Å². The summed E-state index contributed by atoms with van der Waals surface area (Å²) in [6.07, 6.45) is 19.4. The van der Waals surface area contributed by atoms with Gasteiger partial charge in [-0.15, -0.1) is 0 Å². The Morgan fingerprint density at radius 1 is 0.791 bits per heavy atom. The molecule has 43 heavy (non-hydrogen) atoms. The Balaban J connectivity index is 1.47. The van der Waals surface area contributed by atoms with E-state index in [0.717, 1.165) is 37.5 Å². The summed E-state index contributed by atoms with van der Waals surface area (Å²) in [4.78, 5) is 23.6. The van der Waals surface area contributed by atoms with Crippen molar-refractivity contribution < 1.29 is 24.2 Å². The van der Waals surface area contributed by atoms with Crippen LogP contribution in [0.3, 0.4) is 0 Å². The van der Waals surface area contributed by atoms with E-state index >= 15 is 0 Å². The molecule has 0 amide bonds. The molecule has 1 N–H and O–H groups in total. The zero-order chi connectivity index (χ0) is 31.0. The largest absolute Gasteiger partial charge is 0.462 e. The lowest BCUT2D eigenvalue weighted by Gasteiger charge is -2.34. The Morgan fingerprint density at radius 2 is 1.30 bits per heavy atom. The predicted octanol–water partition coefficient (Wildman–Crippen LogP) is 9.20. The van der Waals surface area contributed by atoms with Gasteiger partial charge in [-0.25, -0.2) is 9.59 Å². The van der Waals surface area contributed by atoms with Gasteiger partial charge < -0.3 is 14.6 Å². The van der Waals surface area contributed by atoms with Crippen LogP contribution in [0.15, 0.2) is 48.6 Å². The summed E-state index contributed by atoms with van der Waals surface area (Å²) in [5.41, 5.74) is 3.56. The van der Waals surface area contributed by atoms with Crippen LogP contribution in [0, 0.1) is 17.8 Å². The SMILES string of the molecule is C=C(C)C(=O)OCCCC(CCCOC(=O)C(=C)CO)C1CCC(c2ccc(C3CCC(CCCCC)CC3)cc2)CC1. The van der Waals surface area contributed by atoms with Gasteiger partial charge in [0.2, 0.25) is 0 Å². The molecule has 1 aromatic carbocycles. The number of ether oxygens (including phenoxy) is 2. The topological polar surface area (TPSA) is 72.8 Å². The molecule has 2 saturated carbocycles. The standard InChI is InChI=1S/C38H58O5/c1-5-6-7-10-30-13-15-32(16-14-30)34-21-23-36(24-22-34)35-19-17-33(18-20-35)31(11-8-25-42-37(40)28(2)3)12-9-26-43-38(41)29(4)27-39/h21-24,30-33,35,39H,2,4-20,25-27H2,1,3H3. The Labute approximate surface area is 261 Å². The summed E-state index contributed by atoms with van der Waals surface area (Å²) in [6, 6.07) is 9.67. The highest BCUT2D eigenvalue weighted by Crippen LogP contribution is 2.42. The van der Waals surface area contributed by atoms with Gasteiger partial charge in [-0.1, -0.05) is 70.0 Å². The molecule has 1 atom stereocenters. The van der Waals surface area contributed by atoms with Crippen LogP contribution in [0.2, 0.25) is 0 Å². The number of esters is 2. The van der Waals surface area contributed by atoms with Gasteiger partial charge >= 0.3 is 11.9 Å². The van der Waals surface area contributed by atoms with Gasteiger partial charge in [-0.05, 0) is 125 Å². The lowest BCUT2D eigenvalue weighted by Crippen LogP contribution is -2.22. The first kappa shape index (κ1) is 35.1. The Kier molecular flexibility index (Phi) is 15.6. The molecule has 0 aromatic heterocycles. The number of aliphatic hydroxyl groups is 1. The fourth-order valence-electron chi connectivity index (χ4n) is 7.36. The molecular weight excluding hydrogens is 536 g/mol. The van der Waals surface area contributed by atoms with Gasteiger partial charge in [0.1, 0.15) is 0 Å². The van der Waals surface area contributed by atoms with Gasteiger partial charge in [0.25, 0.3) is 0 Å². The van der Waals surface area contributed by atoms with Crippen LogP contribution in [0.25, 0.3) is 0 Å². The fraction of sp³-hybridized carbons (Fsp3) is 0.684. The second kappa shape index (κ2) is 19.1. The molecular formula is C38H58O5. The minimum Gasteiger partial charge on any atom is -0.462 e. The number of carbonyl (C=O) groups is 2. The summed E-state index contributed by atoms with van der Waals surface area (Å²) >= 11 is 0. The quantitative estimate of drug-likeness (QED) is 0.104. The molecule has 0 bridgehead atoms. The minimum absolute atomic E-state index is 0.0902. The molecule has 1 unspecified atom stereocenters. The number of benzene rings is 1. The van der Waals surface area contributed by atoms with Crippen molar-refractivity contribution in [1.82, 2.24) is 0 Å². The van der Waals surface area contributed by atoms with Gasteiger partial charge in [0.15, 0.2) is 0 Å². The van der Waals surface area contributed by atoms with Gasteiger partial charge in [-0.2, -0.15) is 0 Å². The number of aliphatic hydroxyl groups excluding tert-OH is 1. The van der Waals surface area contributed by atoms with Crippen molar-refractivity contribution in [3.63, 3.8) is 0 Å². The average Bonchev–Trinajstić information content (AvgIpc) is 3.04. The van der Waals surface area contributed by atoms with E-state index < -0.39 is 5.97 Å². The lowest BCUT2D eigenvalue weighted by molar-refractivity contribution is -0.140. The third-order valence-corrected chi connectivity index (χ3v) is 10.1. The zero-order valence-corrected chi connectivity index (χ0v) is 27.1. The number of unbranched alkanes of at least 4 members (excludes halogenated alkanes) is 2. The predicted molar refractivity (Wildman–Crippen MR) is 175 cm³/mol. The third-order valence-electron chi connectivity index (χ3n) is 10.1. The molecule has 1 aromatic rings. The Bertz CT molecular complexity index is 996. The summed E-state index contributed by atoms with van der Waals surface area (Å²) in [5.74, 6) is 2.60.